The highest BCUT2D eigenvalue weighted by atomic mass is 32.2. The molecule has 0 atom stereocenters. The van der Waals surface area contributed by atoms with E-state index in [1.807, 2.05) is 18.2 Å². The minimum absolute atomic E-state index is 0.0489. The van der Waals surface area contributed by atoms with Crippen LogP contribution in [0, 0.1) is 11.6 Å². The first-order valence-corrected chi connectivity index (χ1v) is 10.0. The molecule has 1 aliphatic rings. The highest BCUT2D eigenvalue weighted by Gasteiger charge is 2.31. The van der Waals surface area contributed by atoms with E-state index in [9.17, 15) is 22.0 Å². The fraction of sp³-hybridized carbons (Fsp3) is 0.211. The summed E-state index contributed by atoms with van der Waals surface area (Å²) in [4.78, 5) is 13.8. The normalized spacial score (nSPS) is 15.9. The lowest BCUT2D eigenvalue weighted by Gasteiger charge is -2.33. The number of hydrogen-bond donors (Lipinski definition) is 0. The van der Waals surface area contributed by atoms with E-state index in [4.69, 9.17) is 4.42 Å². The molecule has 1 amide bonds. The van der Waals surface area contributed by atoms with E-state index in [1.54, 1.807) is 12.1 Å². The molecular formula is C19H16F2N2O4S. The average Bonchev–Trinajstić information content (AvgIpc) is 3.13. The number of amides is 1. The van der Waals surface area contributed by atoms with Crippen molar-refractivity contribution in [2.24, 2.45) is 0 Å². The van der Waals surface area contributed by atoms with Crippen LogP contribution in [0.1, 0.15) is 10.6 Å². The Morgan fingerprint density at radius 3 is 2.32 bits per heavy atom. The largest absolute Gasteiger partial charge is 0.451 e. The first-order valence-electron chi connectivity index (χ1n) is 8.59. The number of piperazine rings is 1. The minimum Gasteiger partial charge on any atom is -0.451 e. The van der Waals surface area contributed by atoms with E-state index >= 15 is 0 Å². The molecule has 146 valence electrons. The Labute approximate surface area is 160 Å². The predicted molar refractivity (Wildman–Crippen MR) is 97.2 cm³/mol. The van der Waals surface area contributed by atoms with Crippen LogP contribution < -0.4 is 0 Å². The maximum Gasteiger partial charge on any atom is 0.289 e. The van der Waals surface area contributed by atoms with Crippen LogP contribution in [0.5, 0.6) is 0 Å². The molecule has 0 spiro atoms. The molecule has 0 radical (unpaired) electrons. The number of carbonyl (C=O) groups excluding carboxylic acids is 1. The van der Waals surface area contributed by atoms with Gasteiger partial charge in [-0.3, -0.25) is 4.79 Å². The molecule has 1 aromatic heterocycles. The molecule has 1 saturated heterocycles. The first-order chi connectivity index (χ1) is 13.4. The minimum atomic E-state index is -3.97. The number of para-hydroxylation sites is 1. The van der Waals surface area contributed by atoms with Crippen molar-refractivity contribution in [3.63, 3.8) is 0 Å². The molecule has 3 aromatic rings. The fourth-order valence-corrected chi connectivity index (χ4v) is 4.60. The van der Waals surface area contributed by atoms with E-state index in [-0.39, 0.29) is 42.7 Å². The number of rotatable bonds is 3. The molecule has 9 heteroatoms. The number of furan rings is 1. The van der Waals surface area contributed by atoms with Crippen LogP contribution in [0.15, 0.2) is 57.8 Å². The van der Waals surface area contributed by atoms with Gasteiger partial charge in [-0.05, 0) is 30.3 Å². The molecule has 0 aliphatic carbocycles. The highest BCUT2D eigenvalue weighted by molar-refractivity contribution is 7.89. The van der Waals surface area contributed by atoms with Gasteiger partial charge < -0.3 is 9.32 Å². The number of fused-ring (bicyclic) bond motifs is 1. The topological polar surface area (TPSA) is 70.8 Å². The number of carbonyl (C=O) groups is 1. The van der Waals surface area contributed by atoms with Gasteiger partial charge in [0.1, 0.15) is 5.58 Å². The Hall–Kier alpha value is -2.78. The summed E-state index contributed by atoms with van der Waals surface area (Å²) in [6, 6.07) is 11.4. The van der Waals surface area contributed by atoms with Gasteiger partial charge in [-0.15, -0.1) is 0 Å². The maximum absolute atomic E-state index is 13.4. The zero-order chi connectivity index (χ0) is 19.9. The van der Waals surface area contributed by atoms with Gasteiger partial charge in [0.15, 0.2) is 17.4 Å². The lowest BCUT2D eigenvalue weighted by molar-refractivity contribution is 0.0668. The Morgan fingerprint density at radius 2 is 1.64 bits per heavy atom. The Balaban J connectivity index is 1.47. The van der Waals surface area contributed by atoms with Crippen LogP contribution in [0.4, 0.5) is 8.78 Å². The predicted octanol–water partition coefficient (Wildman–Crippen LogP) is 2.86. The third-order valence-corrected chi connectivity index (χ3v) is 6.59. The van der Waals surface area contributed by atoms with Crippen molar-refractivity contribution in [3.05, 3.63) is 65.9 Å². The van der Waals surface area contributed by atoms with Gasteiger partial charge in [0.2, 0.25) is 10.0 Å². The smallest absolute Gasteiger partial charge is 0.289 e. The van der Waals surface area contributed by atoms with Gasteiger partial charge in [0.25, 0.3) is 5.91 Å². The lowest BCUT2D eigenvalue weighted by Crippen LogP contribution is -2.50. The van der Waals surface area contributed by atoms with Gasteiger partial charge in [-0.2, -0.15) is 4.31 Å². The third-order valence-electron chi connectivity index (χ3n) is 4.69. The summed E-state index contributed by atoms with van der Waals surface area (Å²) in [7, 11) is -3.97. The molecule has 0 unspecified atom stereocenters. The number of halogens is 2. The Kier molecular flexibility index (Phi) is 4.64. The number of sulfonamides is 1. The van der Waals surface area contributed by atoms with Crippen LogP contribution in [0.25, 0.3) is 11.0 Å². The maximum atomic E-state index is 13.4. The monoisotopic (exact) mass is 406 g/mol. The molecule has 4 rings (SSSR count). The standard InChI is InChI=1S/C19H16F2N2O4S/c20-15-6-5-14(12-16(15)21)28(25,26)23-9-7-22(8-10-23)19(24)18-11-13-3-1-2-4-17(13)27-18/h1-6,11-12H,7-10H2. The third kappa shape index (κ3) is 3.27. The molecule has 6 nitrogen and oxygen atoms in total. The average molecular weight is 406 g/mol. The number of nitrogens with zero attached hydrogens (tertiary/aromatic N) is 2. The van der Waals surface area contributed by atoms with Gasteiger partial charge in [-0.1, -0.05) is 18.2 Å². The first kappa shape index (κ1) is 18.6. The summed E-state index contributed by atoms with van der Waals surface area (Å²) in [6.07, 6.45) is 0. The zero-order valence-electron chi connectivity index (χ0n) is 14.6. The van der Waals surface area contributed by atoms with Gasteiger partial charge in [0.05, 0.1) is 4.90 Å². The second kappa shape index (κ2) is 6.99. The molecule has 0 N–H and O–H groups in total. The van der Waals surface area contributed by atoms with Crippen LogP contribution in [0.3, 0.4) is 0 Å². The van der Waals surface area contributed by atoms with Crippen LogP contribution in [-0.2, 0) is 10.0 Å². The molecule has 2 heterocycles. The van der Waals surface area contributed by atoms with E-state index < -0.39 is 21.7 Å². The fourth-order valence-electron chi connectivity index (χ4n) is 3.16. The Bertz CT molecular complexity index is 1120. The van der Waals surface area contributed by atoms with Gasteiger partial charge >= 0.3 is 0 Å². The van der Waals surface area contributed by atoms with Crippen molar-refractivity contribution in [2.75, 3.05) is 26.2 Å². The molecule has 1 fully saturated rings. The van der Waals surface area contributed by atoms with Crippen LogP contribution in [0.2, 0.25) is 0 Å². The van der Waals surface area contributed by atoms with Crippen molar-refractivity contribution in [1.82, 2.24) is 9.21 Å². The summed E-state index contributed by atoms with van der Waals surface area (Å²) in [6.45, 7) is 0.429. The second-order valence-electron chi connectivity index (χ2n) is 6.42. The van der Waals surface area contributed by atoms with E-state index in [0.717, 1.165) is 21.8 Å². The molecule has 28 heavy (non-hydrogen) atoms. The van der Waals surface area contributed by atoms with E-state index in [1.165, 1.54) is 4.90 Å². The van der Waals surface area contributed by atoms with Gasteiger partial charge in [-0.25, -0.2) is 17.2 Å². The SMILES string of the molecule is O=C(c1cc2ccccc2o1)N1CCN(S(=O)(=O)c2ccc(F)c(F)c2)CC1. The van der Waals surface area contributed by atoms with Gasteiger partial charge in [0, 0.05) is 31.6 Å². The van der Waals surface area contributed by atoms with Crippen molar-refractivity contribution >= 4 is 26.9 Å². The van der Waals surface area contributed by atoms with Crippen molar-refractivity contribution in [2.45, 2.75) is 4.90 Å². The summed E-state index contributed by atoms with van der Waals surface area (Å²) in [5, 5.41) is 0.811. The van der Waals surface area contributed by atoms with E-state index in [0.29, 0.717) is 11.6 Å². The summed E-state index contributed by atoms with van der Waals surface area (Å²) < 4.78 is 58.5. The lowest BCUT2D eigenvalue weighted by atomic mass is 10.2. The molecule has 2 aromatic carbocycles. The number of hydrogen-bond acceptors (Lipinski definition) is 4. The molecule has 1 aliphatic heterocycles. The van der Waals surface area contributed by atoms with Crippen molar-refractivity contribution in [1.29, 1.82) is 0 Å². The summed E-state index contributed by atoms with van der Waals surface area (Å²) in [5.41, 5.74) is 0.602. The van der Waals surface area contributed by atoms with Crippen molar-refractivity contribution in [3.8, 4) is 0 Å². The summed E-state index contributed by atoms with van der Waals surface area (Å²) >= 11 is 0. The van der Waals surface area contributed by atoms with Crippen LogP contribution >= 0.6 is 0 Å². The molecular weight excluding hydrogens is 390 g/mol. The quantitative estimate of drug-likeness (QED) is 0.671. The van der Waals surface area contributed by atoms with E-state index in [2.05, 4.69) is 0 Å². The van der Waals surface area contributed by atoms with Crippen molar-refractivity contribution < 1.29 is 26.4 Å². The molecule has 0 saturated carbocycles. The summed E-state index contributed by atoms with van der Waals surface area (Å²) in [5.74, 6) is -2.46. The van der Waals surface area contributed by atoms with Crippen LogP contribution in [-0.4, -0.2) is 49.7 Å². The highest BCUT2D eigenvalue weighted by Crippen LogP contribution is 2.23. The zero-order valence-corrected chi connectivity index (χ0v) is 15.5. The molecule has 0 bridgehead atoms. The number of benzene rings is 2. The Morgan fingerprint density at radius 1 is 0.929 bits per heavy atom. The second-order valence-corrected chi connectivity index (χ2v) is 8.36.